The van der Waals surface area contributed by atoms with Crippen LogP contribution in [0.1, 0.15) is 6.92 Å². The number of aromatic nitrogens is 1. The minimum absolute atomic E-state index is 0.206. The molecular weight excluding hydrogens is 460 g/mol. The second kappa shape index (κ2) is 8.81. The van der Waals surface area contributed by atoms with Crippen LogP contribution in [0.3, 0.4) is 0 Å². The van der Waals surface area contributed by atoms with Crippen molar-refractivity contribution in [3.63, 3.8) is 0 Å². The lowest BCUT2D eigenvalue weighted by molar-refractivity contribution is -0.114. The summed E-state index contributed by atoms with van der Waals surface area (Å²) in [5.41, 5.74) is 2.94. The van der Waals surface area contributed by atoms with Gasteiger partial charge in [-0.25, -0.2) is 9.29 Å². The summed E-state index contributed by atoms with van der Waals surface area (Å²) in [4.78, 5) is 17.5. The van der Waals surface area contributed by atoms with Gasteiger partial charge in [0, 0.05) is 48.4 Å². The number of carbonyl (C=O) groups excluding carboxylic acids is 1. The summed E-state index contributed by atoms with van der Waals surface area (Å²) >= 11 is 1.30. The van der Waals surface area contributed by atoms with Gasteiger partial charge in [-0.3, -0.25) is 9.35 Å². The van der Waals surface area contributed by atoms with E-state index < -0.39 is 10.3 Å². The second-order valence-electron chi connectivity index (χ2n) is 7.55. The monoisotopic (exact) mass is 482 g/mol. The molecule has 0 aliphatic heterocycles. The van der Waals surface area contributed by atoms with E-state index in [-0.39, 0.29) is 11.6 Å². The lowest BCUT2D eigenvalue weighted by atomic mass is 10.1. The van der Waals surface area contributed by atoms with Gasteiger partial charge < -0.3 is 10.2 Å². The number of thiazole rings is 1. The molecule has 0 fully saturated rings. The molecule has 10 heteroatoms. The van der Waals surface area contributed by atoms with Crippen molar-refractivity contribution in [3.8, 4) is 11.3 Å². The molecular formula is C23H22N4O4S2. The Kier molecular flexibility index (Phi) is 6.07. The van der Waals surface area contributed by atoms with Gasteiger partial charge in [0.2, 0.25) is 5.91 Å². The first-order valence-electron chi connectivity index (χ1n) is 9.95. The summed E-state index contributed by atoms with van der Waals surface area (Å²) in [6.45, 7) is 1.41. The first-order valence-corrected chi connectivity index (χ1v) is 12.2. The molecule has 4 rings (SSSR count). The molecule has 8 nitrogen and oxygen atoms in total. The van der Waals surface area contributed by atoms with E-state index in [1.54, 1.807) is 41.8 Å². The number of nitrogens with one attached hydrogen (secondary N) is 1. The molecule has 4 aromatic rings. The van der Waals surface area contributed by atoms with Crippen molar-refractivity contribution in [1.29, 1.82) is 0 Å². The molecule has 0 aliphatic rings. The van der Waals surface area contributed by atoms with Crippen LogP contribution >= 0.6 is 11.3 Å². The van der Waals surface area contributed by atoms with E-state index in [2.05, 4.69) is 10.3 Å². The van der Waals surface area contributed by atoms with Crippen molar-refractivity contribution >= 4 is 60.5 Å². The first kappa shape index (κ1) is 22.7. The largest absolute Gasteiger partial charge is 0.377 e. The fraction of sp³-hybridized carbons (Fsp3) is 0.130. The zero-order valence-corrected chi connectivity index (χ0v) is 19.8. The molecule has 2 N–H and O–H groups in total. The Morgan fingerprint density at radius 2 is 1.58 bits per heavy atom. The Morgan fingerprint density at radius 3 is 2.15 bits per heavy atom. The van der Waals surface area contributed by atoms with Crippen LogP contribution in [0.5, 0.6) is 0 Å². The predicted octanol–water partition coefficient (Wildman–Crippen LogP) is 4.93. The van der Waals surface area contributed by atoms with E-state index in [0.717, 1.165) is 20.9 Å². The average molecular weight is 483 g/mol. The number of hydrogen-bond donors (Lipinski definition) is 2. The topological polar surface area (TPSA) is 103 Å². The summed E-state index contributed by atoms with van der Waals surface area (Å²) in [6, 6.07) is 17.6. The number of hydrogen-bond acceptors (Lipinski definition) is 6. The Morgan fingerprint density at radius 1 is 0.970 bits per heavy atom. The Bertz CT molecular complexity index is 1430. The molecule has 3 aromatic carbocycles. The van der Waals surface area contributed by atoms with Crippen LogP contribution in [-0.2, 0) is 15.1 Å². The van der Waals surface area contributed by atoms with E-state index in [1.807, 2.05) is 43.3 Å². The molecule has 1 heterocycles. The van der Waals surface area contributed by atoms with E-state index in [0.29, 0.717) is 21.9 Å². The molecule has 0 aliphatic carbocycles. The zero-order valence-electron chi connectivity index (χ0n) is 18.2. The van der Waals surface area contributed by atoms with Crippen LogP contribution in [0.25, 0.3) is 22.0 Å². The van der Waals surface area contributed by atoms with Gasteiger partial charge in [0.1, 0.15) is 0 Å². The number of amides is 1. The fourth-order valence-corrected chi connectivity index (χ4v) is 5.18. The van der Waals surface area contributed by atoms with Gasteiger partial charge in [0.05, 0.1) is 17.1 Å². The minimum Gasteiger partial charge on any atom is -0.377 e. The van der Waals surface area contributed by atoms with Crippen LogP contribution in [0.2, 0.25) is 0 Å². The maximum absolute atomic E-state index is 12.5. The molecule has 33 heavy (non-hydrogen) atoms. The quantitative estimate of drug-likeness (QED) is 0.378. The Hall–Kier alpha value is -3.47. The van der Waals surface area contributed by atoms with Crippen LogP contribution in [0.15, 0.2) is 66.0 Å². The normalized spacial score (nSPS) is 11.4. The molecule has 1 amide bonds. The smallest absolute Gasteiger partial charge is 0.364 e. The highest BCUT2D eigenvalue weighted by Crippen LogP contribution is 2.38. The van der Waals surface area contributed by atoms with Crippen LogP contribution in [0, 0.1) is 0 Å². The third-order valence-corrected chi connectivity index (χ3v) is 6.62. The zero-order chi connectivity index (χ0) is 23.8. The number of carbonyl (C=O) groups is 1. The maximum Gasteiger partial charge on any atom is 0.364 e. The maximum atomic E-state index is 12.5. The van der Waals surface area contributed by atoms with Crippen molar-refractivity contribution in [2.45, 2.75) is 6.92 Å². The Balaban J connectivity index is 1.78. The standard InChI is InChI=1S/C23H22N4O4S2/c1-15(28)24-23-25-20(14-32-23)16-10-12-17(13-11-16)27(33(29,30)31)22-9-5-6-18-19(22)7-4-8-21(18)26(2)3/h4-14H,1-3H3,(H,24,25,28)(H,29,30,31). The summed E-state index contributed by atoms with van der Waals surface area (Å²) in [6.07, 6.45) is 0. The van der Waals surface area contributed by atoms with Gasteiger partial charge in [-0.1, -0.05) is 36.4 Å². The van der Waals surface area contributed by atoms with Gasteiger partial charge in [0.15, 0.2) is 5.13 Å². The van der Waals surface area contributed by atoms with Crippen LogP contribution in [0.4, 0.5) is 22.2 Å². The van der Waals surface area contributed by atoms with Gasteiger partial charge in [-0.15, -0.1) is 11.3 Å². The van der Waals surface area contributed by atoms with Crippen LogP contribution < -0.4 is 14.5 Å². The molecule has 0 spiro atoms. The number of anilines is 4. The van der Waals surface area contributed by atoms with E-state index in [1.165, 1.54) is 18.3 Å². The number of benzene rings is 3. The van der Waals surface area contributed by atoms with Crippen molar-refractivity contribution < 1.29 is 17.8 Å². The van der Waals surface area contributed by atoms with E-state index in [4.69, 9.17) is 0 Å². The number of rotatable bonds is 6. The average Bonchev–Trinajstić information content (AvgIpc) is 3.21. The summed E-state index contributed by atoms with van der Waals surface area (Å²) in [5.74, 6) is -0.206. The van der Waals surface area contributed by atoms with Gasteiger partial charge in [-0.05, 0) is 24.3 Å². The molecule has 0 saturated heterocycles. The van der Waals surface area contributed by atoms with Crippen LogP contribution in [-0.4, -0.2) is 38.0 Å². The third-order valence-electron chi connectivity index (χ3n) is 4.99. The summed E-state index contributed by atoms with van der Waals surface area (Å²) < 4.78 is 36.0. The molecule has 170 valence electrons. The lowest BCUT2D eigenvalue weighted by Crippen LogP contribution is -2.25. The van der Waals surface area contributed by atoms with Crippen molar-refractivity contribution in [2.75, 3.05) is 28.6 Å². The van der Waals surface area contributed by atoms with Gasteiger partial charge >= 0.3 is 10.3 Å². The SMILES string of the molecule is CC(=O)Nc1nc(-c2ccc(N(c3cccc4c(N(C)C)cccc34)S(=O)(=O)O)cc2)cs1. The van der Waals surface area contributed by atoms with Gasteiger partial charge in [-0.2, -0.15) is 8.42 Å². The Labute approximate surface area is 196 Å². The lowest BCUT2D eigenvalue weighted by Gasteiger charge is -2.24. The minimum atomic E-state index is -4.62. The highest BCUT2D eigenvalue weighted by Gasteiger charge is 2.24. The molecule has 0 bridgehead atoms. The van der Waals surface area contributed by atoms with Crippen molar-refractivity contribution in [3.05, 3.63) is 66.0 Å². The number of nitrogens with zero attached hydrogens (tertiary/aromatic N) is 3. The highest BCUT2D eigenvalue weighted by molar-refractivity contribution is 7.87. The summed E-state index contributed by atoms with van der Waals surface area (Å²) in [7, 11) is -0.797. The highest BCUT2D eigenvalue weighted by atomic mass is 32.2. The van der Waals surface area contributed by atoms with Crippen molar-refractivity contribution in [2.24, 2.45) is 0 Å². The molecule has 0 unspecified atom stereocenters. The second-order valence-corrected chi connectivity index (χ2v) is 9.67. The van der Waals surface area contributed by atoms with Crippen molar-refractivity contribution in [1.82, 2.24) is 4.98 Å². The first-order chi connectivity index (χ1) is 15.6. The molecule has 0 radical (unpaired) electrons. The number of fused-ring (bicyclic) bond motifs is 1. The molecule has 0 saturated carbocycles. The summed E-state index contributed by atoms with van der Waals surface area (Å²) in [5, 5.41) is 6.46. The third kappa shape index (κ3) is 4.68. The molecule has 1 aromatic heterocycles. The molecule has 0 atom stereocenters. The fourth-order valence-electron chi connectivity index (χ4n) is 3.62. The van der Waals surface area contributed by atoms with Gasteiger partial charge in [0.25, 0.3) is 0 Å². The van der Waals surface area contributed by atoms with E-state index in [9.17, 15) is 17.8 Å². The van der Waals surface area contributed by atoms with E-state index >= 15 is 0 Å². The predicted molar refractivity (Wildman–Crippen MR) is 134 cm³/mol.